The number of amides is 1. The molecule has 88 valence electrons. The second kappa shape index (κ2) is 6.11. The highest BCUT2D eigenvalue weighted by Crippen LogP contribution is 2.29. The molecule has 2 N–H and O–H groups in total. The SMILES string of the molecule is CC(O)CC(C)CNC(=O)CC1CCC1. The van der Waals surface area contributed by atoms with Gasteiger partial charge in [-0.15, -0.1) is 0 Å². The van der Waals surface area contributed by atoms with Crippen molar-refractivity contribution in [3.8, 4) is 0 Å². The summed E-state index contributed by atoms with van der Waals surface area (Å²) in [5.74, 6) is 1.17. The van der Waals surface area contributed by atoms with Crippen LogP contribution in [-0.4, -0.2) is 23.7 Å². The summed E-state index contributed by atoms with van der Waals surface area (Å²) in [6, 6.07) is 0. The maximum atomic E-state index is 11.5. The molecule has 0 aromatic rings. The van der Waals surface area contributed by atoms with E-state index in [-0.39, 0.29) is 12.0 Å². The Balaban J connectivity index is 2.04. The van der Waals surface area contributed by atoms with Gasteiger partial charge in [-0.3, -0.25) is 4.79 Å². The molecule has 2 unspecified atom stereocenters. The highest BCUT2D eigenvalue weighted by molar-refractivity contribution is 5.76. The van der Waals surface area contributed by atoms with Gasteiger partial charge < -0.3 is 10.4 Å². The zero-order valence-corrected chi connectivity index (χ0v) is 9.83. The van der Waals surface area contributed by atoms with Crippen LogP contribution in [0.4, 0.5) is 0 Å². The Labute approximate surface area is 92.3 Å². The Morgan fingerprint density at radius 3 is 2.60 bits per heavy atom. The minimum atomic E-state index is -0.275. The van der Waals surface area contributed by atoms with E-state index in [1.165, 1.54) is 19.3 Å². The molecule has 1 aliphatic rings. The summed E-state index contributed by atoms with van der Waals surface area (Å²) in [4.78, 5) is 11.5. The quantitative estimate of drug-likeness (QED) is 0.705. The molecule has 0 bridgehead atoms. The van der Waals surface area contributed by atoms with E-state index in [1.807, 2.05) is 0 Å². The highest BCUT2D eigenvalue weighted by Gasteiger charge is 2.20. The average Bonchev–Trinajstić information content (AvgIpc) is 2.07. The third kappa shape index (κ3) is 5.17. The number of carbonyl (C=O) groups is 1. The largest absolute Gasteiger partial charge is 0.393 e. The van der Waals surface area contributed by atoms with Crippen LogP contribution < -0.4 is 5.32 Å². The lowest BCUT2D eigenvalue weighted by Gasteiger charge is -2.24. The molecule has 0 radical (unpaired) electrons. The van der Waals surface area contributed by atoms with Gasteiger partial charge in [-0.2, -0.15) is 0 Å². The van der Waals surface area contributed by atoms with Gasteiger partial charge in [0.1, 0.15) is 0 Å². The summed E-state index contributed by atoms with van der Waals surface area (Å²) in [6.45, 7) is 4.53. The monoisotopic (exact) mass is 213 g/mol. The molecule has 0 aromatic carbocycles. The lowest BCUT2D eigenvalue weighted by molar-refractivity contribution is -0.122. The highest BCUT2D eigenvalue weighted by atomic mass is 16.3. The van der Waals surface area contributed by atoms with E-state index in [2.05, 4.69) is 12.2 Å². The summed E-state index contributed by atoms with van der Waals surface area (Å²) in [5, 5.41) is 12.1. The molecule has 1 amide bonds. The van der Waals surface area contributed by atoms with Crippen molar-refractivity contribution in [1.29, 1.82) is 0 Å². The number of hydrogen-bond acceptors (Lipinski definition) is 2. The van der Waals surface area contributed by atoms with Crippen molar-refractivity contribution in [2.75, 3.05) is 6.54 Å². The van der Waals surface area contributed by atoms with Gasteiger partial charge in [-0.05, 0) is 38.0 Å². The van der Waals surface area contributed by atoms with Crippen LogP contribution in [-0.2, 0) is 4.79 Å². The van der Waals surface area contributed by atoms with E-state index in [1.54, 1.807) is 6.92 Å². The van der Waals surface area contributed by atoms with Gasteiger partial charge in [0.05, 0.1) is 6.10 Å². The van der Waals surface area contributed by atoms with Gasteiger partial charge in [-0.1, -0.05) is 13.3 Å². The number of rotatable bonds is 6. The topological polar surface area (TPSA) is 49.3 Å². The standard InChI is InChI=1S/C12H23NO2/c1-9(6-10(2)14)8-13-12(15)7-11-4-3-5-11/h9-11,14H,3-8H2,1-2H3,(H,13,15). The van der Waals surface area contributed by atoms with Crippen molar-refractivity contribution in [3.63, 3.8) is 0 Å². The first-order chi connectivity index (χ1) is 7.08. The van der Waals surface area contributed by atoms with Crippen molar-refractivity contribution in [2.45, 2.75) is 52.1 Å². The molecule has 1 fully saturated rings. The van der Waals surface area contributed by atoms with Crippen LogP contribution in [0, 0.1) is 11.8 Å². The molecule has 0 spiro atoms. The molecular weight excluding hydrogens is 190 g/mol. The smallest absolute Gasteiger partial charge is 0.220 e. The van der Waals surface area contributed by atoms with E-state index in [9.17, 15) is 4.79 Å². The Morgan fingerprint density at radius 2 is 2.13 bits per heavy atom. The number of aliphatic hydroxyl groups excluding tert-OH is 1. The first kappa shape index (κ1) is 12.5. The summed E-state index contributed by atoms with van der Waals surface area (Å²) >= 11 is 0. The number of hydrogen-bond donors (Lipinski definition) is 2. The number of carbonyl (C=O) groups excluding carboxylic acids is 1. The second-order valence-corrected chi connectivity index (χ2v) is 5.00. The lowest BCUT2D eigenvalue weighted by Crippen LogP contribution is -2.31. The van der Waals surface area contributed by atoms with Crippen LogP contribution >= 0.6 is 0 Å². The van der Waals surface area contributed by atoms with Crippen LogP contribution in [0.3, 0.4) is 0 Å². The fourth-order valence-electron chi connectivity index (χ4n) is 1.98. The first-order valence-corrected chi connectivity index (χ1v) is 6.02. The summed E-state index contributed by atoms with van der Waals surface area (Å²) < 4.78 is 0. The van der Waals surface area contributed by atoms with Crippen LogP contribution in [0.25, 0.3) is 0 Å². The Hall–Kier alpha value is -0.570. The first-order valence-electron chi connectivity index (χ1n) is 6.02. The molecule has 1 aliphatic carbocycles. The van der Waals surface area contributed by atoms with Gasteiger partial charge >= 0.3 is 0 Å². The van der Waals surface area contributed by atoms with E-state index in [0.29, 0.717) is 24.8 Å². The van der Waals surface area contributed by atoms with Crippen molar-refractivity contribution in [2.24, 2.45) is 11.8 Å². The zero-order valence-electron chi connectivity index (χ0n) is 9.83. The maximum absolute atomic E-state index is 11.5. The van der Waals surface area contributed by atoms with Crippen molar-refractivity contribution >= 4 is 5.91 Å². The average molecular weight is 213 g/mol. The Kier molecular flexibility index (Phi) is 5.09. The predicted molar refractivity (Wildman–Crippen MR) is 60.4 cm³/mol. The molecule has 3 heteroatoms. The van der Waals surface area contributed by atoms with E-state index >= 15 is 0 Å². The van der Waals surface area contributed by atoms with E-state index in [0.717, 1.165) is 6.42 Å². The van der Waals surface area contributed by atoms with E-state index < -0.39 is 0 Å². The molecule has 3 nitrogen and oxygen atoms in total. The number of aliphatic hydroxyl groups is 1. The molecule has 2 atom stereocenters. The normalized spacial score (nSPS) is 20.5. The third-order valence-corrected chi connectivity index (χ3v) is 3.09. The molecule has 0 saturated heterocycles. The van der Waals surface area contributed by atoms with Crippen LogP contribution in [0.2, 0.25) is 0 Å². The van der Waals surface area contributed by atoms with Gasteiger partial charge in [0, 0.05) is 13.0 Å². The Bertz CT molecular complexity index is 200. The van der Waals surface area contributed by atoms with Crippen molar-refractivity contribution < 1.29 is 9.90 Å². The predicted octanol–water partition coefficient (Wildman–Crippen LogP) is 1.70. The van der Waals surface area contributed by atoms with Crippen molar-refractivity contribution in [3.05, 3.63) is 0 Å². The molecule has 1 saturated carbocycles. The van der Waals surface area contributed by atoms with Gasteiger partial charge in [0.2, 0.25) is 5.91 Å². The van der Waals surface area contributed by atoms with Crippen LogP contribution in [0.15, 0.2) is 0 Å². The summed E-state index contributed by atoms with van der Waals surface area (Å²) in [6.07, 6.45) is 4.90. The van der Waals surface area contributed by atoms with Crippen LogP contribution in [0.1, 0.15) is 46.0 Å². The third-order valence-electron chi connectivity index (χ3n) is 3.09. The minimum Gasteiger partial charge on any atom is -0.393 e. The molecule has 15 heavy (non-hydrogen) atoms. The fourth-order valence-corrected chi connectivity index (χ4v) is 1.98. The van der Waals surface area contributed by atoms with Crippen LogP contribution in [0.5, 0.6) is 0 Å². The molecular formula is C12H23NO2. The van der Waals surface area contributed by atoms with Gasteiger partial charge in [0.25, 0.3) is 0 Å². The number of nitrogens with one attached hydrogen (secondary N) is 1. The summed E-state index contributed by atoms with van der Waals surface area (Å²) in [5.41, 5.74) is 0. The zero-order chi connectivity index (χ0) is 11.3. The lowest BCUT2D eigenvalue weighted by atomic mass is 9.83. The molecule has 0 aliphatic heterocycles. The van der Waals surface area contributed by atoms with Gasteiger partial charge in [0.15, 0.2) is 0 Å². The van der Waals surface area contributed by atoms with Gasteiger partial charge in [-0.25, -0.2) is 0 Å². The molecule has 1 rings (SSSR count). The maximum Gasteiger partial charge on any atom is 0.220 e. The Morgan fingerprint density at radius 1 is 1.47 bits per heavy atom. The summed E-state index contributed by atoms with van der Waals surface area (Å²) in [7, 11) is 0. The minimum absolute atomic E-state index is 0.178. The second-order valence-electron chi connectivity index (χ2n) is 5.00. The fraction of sp³-hybridized carbons (Fsp3) is 0.917. The van der Waals surface area contributed by atoms with E-state index in [4.69, 9.17) is 5.11 Å². The van der Waals surface area contributed by atoms with Crippen molar-refractivity contribution in [1.82, 2.24) is 5.32 Å². The molecule has 0 aromatic heterocycles. The molecule has 0 heterocycles.